The Labute approximate surface area is 161 Å². The quantitative estimate of drug-likeness (QED) is 0.679. The van der Waals surface area contributed by atoms with Crippen molar-refractivity contribution in [2.75, 3.05) is 18.4 Å². The molecule has 1 aliphatic heterocycles. The van der Waals surface area contributed by atoms with Crippen LogP contribution >= 0.6 is 0 Å². The highest BCUT2D eigenvalue weighted by Crippen LogP contribution is 2.22. The van der Waals surface area contributed by atoms with Gasteiger partial charge in [0.25, 0.3) is 0 Å². The van der Waals surface area contributed by atoms with E-state index in [1.165, 1.54) is 37.1 Å². The van der Waals surface area contributed by atoms with Crippen molar-refractivity contribution in [1.29, 1.82) is 0 Å². The second kappa shape index (κ2) is 8.31. The highest BCUT2D eigenvalue weighted by Gasteiger charge is 2.12. The Morgan fingerprint density at radius 2 is 1.70 bits per heavy atom. The minimum atomic E-state index is 0.179. The number of hydrogen-bond donors (Lipinski definition) is 1. The molecule has 0 saturated carbocycles. The number of benzene rings is 2. The van der Waals surface area contributed by atoms with Crippen LogP contribution in [-0.2, 0) is 6.54 Å². The van der Waals surface area contributed by atoms with Crippen LogP contribution in [0, 0.1) is 0 Å². The molecule has 1 saturated heterocycles. The van der Waals surface area contributed by atoms with Gasteiger partial charge in [-0.1, -0.05) is 54.6 Å². The first-order chi connectivity index (χ1) is 13.3. The summed E-state index contributed by atoms with van der Waals surface area (Å²) in [6, 6.07) is 19.3. The fourth-order valence-electron chi connectivity index (χ4n) is 3.60. The smallest absolute Gasteiger partial charge is 0.145 e. The van der Waals surface area contributed by atoms with Crippen molar-refractivity contribution >= 4 is 5.82 Å². The maximum Gasteiger partial charge on any atom is 0.145 e. The number of nitrogens with one attached hydrogen (secondary N) is 1. The highest BCUT2D eigenvalue weighted by atomic mass is 15.1. The molecule has 2 heterocycles. The lowest BCUT2D eigenvalue weighted by Gasteiger charge is -2.16. The molecule has 0 bridgehead atoms. The molecule has 4 nitrogen and oxygen atoms in total. The molecule has 1 aliphatic rings. The van der Waals surface area contributed by atoms with Crippen molar-refractivity contribution in [3.05, 3.63) is 78.1 Å². The van der Waals surface area contributed by atoms with Gasteiger partial charge >= 0.3 is 0 Å². The van der Waals surface area contributed by atoms with Crippen LogP contribution in [0.25, 0.3) is 11.3 Å². The molecule has 0 spiro atoms. The summed E-state index contributed by atoms with van der Waals surface area (Å²) in [4.78, 5) is 11.7. The van der Waals surface area contributed by atoms with Gasteiger partial charge in [0.15, 0.2) is 0 Å². The van der Waals surface area contributed by atoms with E-state index in [2.05, 4.69) is 70.7 Å². The summed E-state index contributed by atoms with van der Waals surface area (Å²) < 4.78 is 0. The van der Waals surface area contributed by atoms with Crippen LogP contribution in [-0.4, -0.2) is 28.0 Å². The Morgan fingerprint density at radius 1 is 0.963 bits per heavy atom. The van der Waals surface area contributed by atoms with E-state index >= 15 is 0 Å². The number of aromatic nitrogens is 2. The van der Waals surface area contributed by atoms with Gasteiger partial charge in [-0.05, 0) is 44.0 Å². The Balaban J connectivity index is 1.45. The number of hydrogen-bond acceptors (Lipinski definition) is 4. The second-order valence-corrected chi connectivity index (χ2v) is 7.25. The van der Waals surface area contributed by atoms with Gasteiger partial charge in [0.05, 0.1) is 18.1 Å². The molecule has 138 valence electrons. The Hall–Kier alpha value is -2.72. The molecule has 1 atom stereocenters. The van der Waals surface area contributed by atoms with E-state index in [1.807, 2.05) is 12.3 Å². The zero-order valence-corrected chi connectivity index (χ0v) is 15.8. The molecule has 1 unspecified atom stereocenters. The van der Waals surface area contributed by atoms with Crippen LogP contribution in [0.2, 0.25) is 0 Å². The summed E-state index contributed by atoms with van der Waals surface area (Å²) in [5.41, 5.74) is 4.59. The molecule has 1 fully saturated rings. The molecule has 4 rings (SSSR count). The van der Waals surface area contributed by atoms with E-state index in [0.717, 1.165) is 23.6 Å². The Morgan fingerprint density at radius 3 is 2.44 bits per heavy atom. The van der Waals surface area contributed by atoms with Gasteiger partial charge in [-0.25, -0.2) is 4.98 Å². The molecule has 1 N–H and O–H groups in total. The van der Waals surface area contributed by atoms with Crippen molar-refractivity contribution in [2.45, 2.75) is 32.4 Å². The van der Waals surface area contributed by atoms with Crippen LogP contribution in [0.4, 0.5) is 5.82 Å². The summed E-state index contributed by atoms with van der Waals surface area (Å²) >= 11 is 0. The summed E-state index contributed by atoms with van der Waals surface area (Å²) in [7, 11) is 0. The fourth-order valence-corrected chi connectivity index (χ4v) is 3.60. The number of rotatable bonds is 6. The SMILES string of the molecule is CC(Nc1cncc(-c2ccc(CN3CCCC3)cc2)n1)c1ccccc1. The van der Waals surface area contributed by atoms with Crippen molar-refractivity contribution in [3.63, 3.8) is 0 Å². The van der Waals surface area contributed by atoms with Crippen LogP contribution in [0.15, 0.2) is 67.0 Å². The van der Waals surface area contributed by atoms with E-state index in [9.17, 15) is 0 Å². The van der Waals surface area contributed by atoms with Crippen LogP contribution in [0.5, 0.6) is 0 Å². The molecule has 1 aromatic heterocycles. The van der Waals surface area contributed by atoms with E-state index < -0.39 is 0 Å². The third-order valence-electron chi connectivity index (χ3n) is 5.15. The van der Waals surface area contributed by atoms with Gasteiger partial charge in [-0.15, -0.1) is 0 Å². The zero-order valence-electron chi connectivity index (χ0n) is 15.8. The lowest BCUT2D eigenvalue weighted by molar-refractivity contribution is 0.331. The summed E-state index contributed by atoms with van der Waals surface area (Å²) in [5.74, 6) is 0.796. The average molecular weight is 358 g/mol. The second-order valence-electron chi connectivity index (χ2n) is 7.25. The fraction of sp³-hybridized carbons (Fsp3) is 0.304. The summed E-state index contributed by atoms with van der Waals surface area (Å²) in [5, 5.41) is 3.45. The minimum absolute atomic E-state index is 0.179. The van der Waals surface area contributed by atoms with Gasteiger partial charge < -0.3 is 5.32 Å². The molecular formula is C23H26N4. The predicted molar refractivity (Wildman–Crippen MR) is 110 cm³/mol. The minimum Gasteiger partial charge on any atom is -0.362 e. The molecule has 0 radical (unpaired) electrons. The van der Waals surface area contributed by atoms with Gasteiger partial charge in [-0.3, -0.25) is 9.88 Å². The molecule has 0 aliphatic carbocycles. The van der Waals surface area contributed by atoms with Crippen molar-refractivity contribution < 1.29 is 0 Å². The lowest BCUT2D eigenvalue weighted by Crippen LogP contribution is -2.18. The van der Waals surface area contributed by atoms with Crippen LogP contribution in [0.3, 0.4) is 0 Å². The van der Waals surface area contributed by atoms with Crippen LogP contribution < -0.4 is 5.32 Å². The van der Waals surface area contributed by atoms with E-state index in [4.69, 9.17) is 4.98 Å². The molecule has 27 heavy (non-hydrogen) atoms. The zero-order chi connectivity index (χ0) is 18.5. The normalized spacial score (nSPS) is 15.6. The van der Waals surface area contributed by atoms with Gasteiger partial charge in [0.2, 0.25) is 0 Å². The third-order valence-corrected chi connectivity index (χ3v) is 5.15. The monoisotopic (exact) mass is 358 g/mol. The number of anilines is 1. The maximum atomic E-state index is 4.76. The van der Waals surface area contributed by atoms with Crippen molar-refractivity contribution in [3.8, 4) is 11.3 Å². The van der Waals surface area contributed by atoms with Gasteiger partial charge in [0, 0.05) is 18.2 Å². The Bertz CT molecular complexity index is 855. The summed E-state index contributed by atoms with van der Waals surface area (Å²) in [6.07, 6.45) is 6.27. The van der Waals surface area contributed by atoms with E-state index in [0.29, 0.717) is 0 Å². The topological polar surface area (TPSA) is 41.1 Å². The predicted octanol–water partition coefficient (Wildman–Crippen LogP) is 4.91. The molecule has 3 aromatic rings. The first-order valence-electron chi connectivity index (χ1n) is 9.73. The molecule has 0 amide bonds. The van der Waals surface area contributed by atoms with Gasteiger partial charge in [-0.2, -0.15) is 0 Å². The third kappa shape index (κ3) is 4.52. The molecule has 2 aromatic carbocycles. The molecule has 4 heteroatoms. The standard InChI is InChI=1S/C23H26N4/c1-18(20-7-3-2-4-8-20)25-23-16-24-15-22(26-23)21-11-9-19(10-12-21)17-27-13-5-6-14-27/h2-4,7-12,15-16,18H,5-6,13-14,17H2,1H3,(H,25,26). The number of likely N-dealkylation sites (tertiary alicyclic amines) is 1. The first-order valence-corrected chi connectivity index (χ1v) is 9.73. The van der Waals surface area contributed by atoms with Gasteiger partial charge in [0.1, 0.15) is 5.82 Å². The molecular weight excluding hydrogens is 332 g/mol. The van der Waals surface area contributed by atoms with E-state index in [1.54, 1.807) is 6.20 Å². The van der Waals surface area contributed by atoms with Crippen LogP contribution in [0.1, 0.15) is 36.9 Å². The van der Waals surface area contributed by atoms with Crippen molar-refractivity contribution in [1.82, 2.24) is 14.9 Å². The van der Waals surface area contributed by atoms with E-state index in [-0.39, 0.29) is 6.04 Å². The maximum absolute atomic E-state index is 4.76. The number of nitrogens with zero attached hydrogens (tertiary/aromatic N) is 3. The highest BCUT2D eigenvalue weighted by molar-refractivity contribution is 5.60. The largest absolute Gasteiger partial charge is 0.362 e. The first kappa shape index (κ1) is 17.7. The van der Waals surface area contributed by atoms with Crippen molar-refractivity contribution in [2.24, 2.45) is 0 Å². The summed E-state index contributed by atoms with van der Waals surface area (Å²) in [6.45, 7) is 5.63. The lowest BCUT2D eigenvalue weighted by atomic mass is 10.1. The Kier molecular flexibility index (Phi) is 5.45. The average Bonchev–Trinajstić information content (AvgIpc) is 3.22.